The van der Waals surface area contributed by atoms with E-state index in [1.54, 1.807) is 0 Å². The van der Waals surface area contributed by atoms with Gasteiger partial charge < -0.3 is 30.6 Å². The van der Waals surface area contributed by atoms with Crippen molar-refractivity contribution in [2.75, 3.05) is 0 Å². The minimum Gasteiger partial charge on any atom is -0.387 e. The summed E-state index contributed by atoms with van der Waals surface area (Å²) < 4.78 is 0. The third-order valence-electron chi connectivity index (χ3n) is 2.29. The third-order valence-corrected chi connectivity index (χ3v) is 2.29. The van der Waals surface area contributed by atoms with Gasteiger partial charge in [0.25, 0.3) is 0 Å². The van der Waals surface area contributed by atoms with Crippen LogP contribution in [0.2, 0.25) is 0 Å². The maximum atomic E-state index is 9.22. The maximum Gasteiger partial charge on any atom is 0.171 e. The van der Waals surface area contributed by atoms with Crippen LogP contribution in [0.15, 0.2) is 0 Å². The summed E-state index contributed by atoms with van der Waals surface area (Å²) in [6, 6.07) is 0. The Morgan fingerprint density at radius 1 is 0.786 bits per heavy atom. The maximum absolute atomic E-state index is 9.22. The Balaban J connectivity index is 0.00000169. The first-order chi connectivity index (χ1) is 5.80. The molecule has 8 N–H and O–H groups in total. The van der Waals surface area contributed by atoms with Crippen LogP contribution in [0.5, 0.6) is 0 Å². The van der Waals surface area contributed by atoms with Crippen LogP contribution in [0, 0.1) is 0 Å². The number of hydrogen-bond acceptors (Lipinski definition) is 7. The van der Waals surface area contributed by atoms with E-state index in [0.29, 0.717) is 0 Å². The topological polar surface area (TPSA) is 147 Å². The van der Waals surface area contributed by atoms with Crippen molar-refractivity contribution in [2.45, 2.75) is 36.2 Å². The molecule has 8 heteroatoms. The normalized spacial score (nSPS) is 53.8. The van der Waals surface area contributed by atoms with Gasteiger partial charge in [-0.2, -0.15) is 0 Å². The Labute approximate surface area is 85.8 Å². The summed E-state index contributed by atoms with van der Waals surface area (Å²) in [5, 5.41) is 54.6. The van der Waals surface area contributed by atoms with Crippen molar-refractivity contribution in [3.8, 4) is 0 Å². The summed E-state index contributed by atoms with van der Waals surface area (Å²) in [6.07, 6.45) is -9.17. The molecule has 0 bridgehead atoms. The number of aliphatic hydroxyl groups is 6. The van der Waals surface area contributed by atoms with Gasteiger partial charge in [0, 0.05) is 0 Å². The van der Waals surface area contributed by atoms with E-state index in [2.05, 4.69) is 0 Å². The van der Waals surface area contributed by atoms with E-state index in [1.807, 2.05) is 0 Å². The zero-order chi connectivity index (χ0) is 10.4. The molecular weight excluding hydrogens is 218 g/mol. The molecule has 86 valence electrons. The molecule has 1 rings (SSSR count). The van der Waals surface area contributed by atoms with E-state index in [9.17, 15) is 5.11 Å². The number of halogens is 1. The molecule has 0 radical (unpaired) electrons. The highest BCUT2D eigenvalue weighted by atomic mass is 35.5. The van der Waals surface area contributed by atoms with Crippen LogP contribution < -0.4 is 5.73 Å². The second-order valence-electron chi connectivity index (χ2n) is 3.25. The number of nitrogens with two attached hydrogens (primary N) is 1. The average Bonchev–Trinajstić information content (AvgIpc) is 2.09. The summed E-state index contributed by atoms with van der Waals surface area (Å²) in [5.41, 5.74) is 2.50. The van der Waals surface area contributed by atoms with E-state index in [0.717, 1.165) is 0 Å². The summed E-state index contributed by atoms with van der Waals surface area (Å²) in [7, 11) is 0. The number of aliphatic hydroxyl groups excluding tert-OH is 5. The van der Waals surface area contributed by atoms with Crippen molar-refractivity contribution in [2.24, 2.45) is 5.73 Å². The van der Waals surface area contributed by atoms with Gasteiger partial charge in [0.15, 0.2) is 5.72 Å². The summed E-state index contributed by atoms with van der Waals surface area (Å²) in [6.45, 7) is 0. The lowest BCUT2D eigenvalue weighted by Crippen LogP contribution is -2.74. The van der Waals surface area contributed by atoms with E-state index in [1.165, 1.54) is 0 Å². The molecule has 0 aromatic rings. The third kappa shape index (κ3) is 1.86. The summed E-state index contributed by atoms with van der Waals surface area (Å²) >= 11 is 0. The Bertz CT molecular complexity index is 185. The largest absolute Gasteiger partial charge is 0.387 e. The fraction of sp³-hybridized carbons (Fsp3) is 1.00. The molecule has 0 aromatic heterocycles. The molecule has 0 spiro atoms. The quantitative estimate of drug-likeness (QED) is 0.210. The van der Waals surface area contributed by atoms with Gasteiger partial charge in [-0.25, -0.2) is 0 Å². The molecular formula is C6H14ClNO6. The van der Waals surface area contributed by atoms with Crippen LogP contribution in [-0.2, 0) is 0 Å². The standard InChI is InChI=1S/C6H13NO6.ClH/c7-6(13)4(11)2(9)1(8)3(10)5(6)12;/h1-5,8-13H,7H2;1H/t1?,2-,3-,4-,5+,6?;/m0./s1. The smallest absolute Gasteiger partial charge is 0.171 e. The minimum atomic E-state index is -2.53. The first-order valence-electron chi connectivity index (χ1n) is 3.71. The fourth-order valence-corrected chi connectivity index (χ4v) is 1.30. The molecule has 1 saturated carbocycles. The highest BCUT2D eigenvalue weighted by Crippen LogP contribution is 2.26. The van der Waals surface area contributed by atoms with Gasteiger partial charge in [0.05, 0.1) is 0 Å². The average molecular weight is 232 g/mol. The molecule has 0 amide bonds. The van der Waals surface area contributed by atoms with E-state index >= 15 is 0 Å². The van der Waals surface area contributed by atoms with Crippen molar-refractivity contribution in [1.29, 1.82) is 0 Å². The molecule has 0 aromatic carbocycles. The molecule has 1 aliphatic carbocycles. The lowest BCUT2D eigenvalue weighted by Gasteiger charge is -2.45. The number of hydrogen-bond donors (Lipinski definition) is 7. The molecule has 0 heterocycles. The van der Waals surface area contributed by atoms with Gasteiger partial charge in [-0.05, 0) is 0 Å². The summed E-state index contributed by atoms with van der Waals surface area (Å²) in [5.74, 6) is 0. The number of rotatable bonds is 0. The molecule has 0 aliphatic heterocycles. The highest BCUT2D eigenvalue weighted by molar-refractivity contribution is 5.85. The Morgan fingerprint density at radius 3 is 1.36 bits per heavy atom. The van der Waals surface area contributed by atoms with Gasteiger partial charge in [-0.1, -0.05) is 0 Å². The van der Waals surface area contributed by atoms with Crippen LogP contribution in [0.3, 0.4) is 0 Å². The van der Waals surface area contributed by atoms with Crippen molar-refractivity contribution in [3.05, 3.63) is 0 Å². The van der Waals surface area contributed by atoms with Gasteiger partial charge >= 0.3 is 0 Å². The first kappa shape index (κ1) is 14.0. The summed E-state index contributed by atoms with van der Waals surface area (Å²) in [4.78, 5) is 0. The van der Waals surface area contributed by atoms with Gasteiger partial charge in [0.2, 0.25) is 0 Å². The molecule has 7 nitrogen and oxygen atoms in total. The predicted octanol–water partition coefficient (Wildman–Crippen LogP) is -4.13. The zero-order valence-corrected chi connectivity index (χ0v) is 7.87. The SMILES string of the molecule is Cl.NC1(O)[C@H](O)[C@@H](O)C(O)[C@H](O)[C@@H]1O. The van der Waals surface area contributed by atoms with Crippen LogP contribution in [0.25, 0.3) is 0 Å². The van der Waals surface area contributed by atoms with Crippen LogP contribution in [0.4, 0.5) is 0 Å². The van der Waals surface area contributed by atoms with E-state index < -0.39 is 36.2 Å². The zero-order valence-electron chi connectivity index (χ0n) is 7.06. The Hall–Kier alpha value is 0.01000. The Morgan fingerprint density at radius 2 is 1.07 bits per heavy atom. The Kier molecular flexibility index (Phi) is 4.25. The van der Waals surface area contributed by atoms with Crippen molar-refractivity contribution < 1.29 is 30.6 Å². The molecule has 1 aliphatic rings. The lowest BCUT2D eigenvalue weighted by atomic mass is 9.81. The molecule has 6 atom stereocenters. The van der Waals surface area contributed by atoms with E-state index in [-0.39, 0.29) is 12.4 Å². The van der Waals surface area contributed by atoms with Gasteiger partial charge in [0.1, 0.15) is 30.5 Å². The molecule has 1 fully saturated rings. The lowest BCUT2D eigenvalue weighted by molar-refractivity contribution is -0.265. The second kappa shape index (κ2) is 4.25. The monoisotopic (exact) mass is 231 g/mol. The van der Waals surface area contributed by atoms with Crippen molar-refractivity contribution >= 4 is 12.4 Å². The minimum absolute atomic E-state index is 0. The van der Waals surface area contributed by atoms with Crippen molar-refractivity contribution in [1.82, 2.24) is 0 Å². The van der Waals surface area contributed by atoms with Crippen molar-refractivity contribution in [3.63, 3.8) is 0 Å². The highest BCUT2D eigenvalue weighted by Gasteiger charge is 2.55. The van der Waals surface area contributed by atoms with Crippen LogP contribution in [-0.4, -0.2) is 66.9 Å². The van der Waals surface area contributed by atoms with Crippen LogP contribution >= 0.6 is 12.4 Å². The first-order valence-corrected chi connectivity index (χ1v) is 3.71. The fourth-order valence-electron chi connectivity index (χ4n) is 1.30. The van der Waals surface area contributed by atoms with Gasteiger partial charge in [-0.15, -0.1) is 12.4 Å². The predicted molar refractivity (Wildman–Crippen MR) is 46.4 cm³/mol. The van der Waals surface area contributed by atoms with Crippen LogP contribution in [0.1, 0.15) is 0 Å². The molecule has 0 saturated heterocycles. The van der Waals surface area contributed by atoms with Gasteiger partial charge in [-0.3, -0.25) is 5.73 Å². The molecule has 2 unspecified atom stereocenters. The van der Waals surface area contributed by atoms with E-state index in [4.69, 9.17) is 31.3 Å². The second-order valence-corrected chi connectivity index (χ2v) is 3.25. The molecule has 14 heavy (non-hydrogen) atoms.